The lowest BCUT2D eigenvalue weighted by Crippen LogP contribution is -2.04. The zero-order valence-corrected chi connectivity index (χ0v) is 11.9. The molecule has 1 aromatic carbocycles. The lowest BCUT2D eigenvalue weighted by atomic mass is 10.2. The zero-order valence-electron chi connectivity index (χ0n) is 11.9. The summed E-state index contributed by atoms with van der Waals surface area (Å²) in [6.45, 7) is 7.03. The lowest BCUT2D eigenvalue weighted by Gasteiger charge is -2.16. The first-order valence-electron chi connectivity index (χ1n) is 6.70. The molecular formula is C15H18O5. The highest BCUT2D eigenvalue weighted by Crippen LogP contribution is 2.43. The van der Waals surface area contributed by atoms with E-state index in [9.17, 15) is 4.79 Å². The number of fused-ring (bicyclic) bond motifs is 1. The van der Waals surface area contributed by atoms with Gasteiger partial charge in [-0.1, -0.05) is 0 Å². The fourth-order valence-electron chi connectivity index (χ4n) is 1.96. The summed E-state index contributed by atoms with van der Waals surface area (Å²) < 4.78 is 22.1. The van der Waals surface area contributed by atoms with Gasteiger partial charge in [-0.3, -0.25) is 0 Å². The molecule has 1 aromatic heterocycles. The zero-order chi connectivity index (χ0) is 14.5. The third-order valence-corrected chi connectivity index (χ3v) is 2.66. The van der Waals surface area contributed by atoms with E-state index in [0.29, 0.717) is 42.7 Å². The summed E-state index contributed by atoms with van der Waals surface area (Å²) in [6, 6.07) is 4.84. The SMILES string of the molecule is CCOc1cc2ccc(=O)oc2c(OCC)c1OCC. The van der Waals surface area contributed by atoms with Gasteiger partial charge in [0.05, 0.1) is 19.8 Å². The summed E-state index contributed by atoms with van der Waals surface area (Å²) in [5.41, 5.74) is -0.0451. The van der Waals surface area contributed by atoms with E-state index in [1.807, 2.05) is 20.8 Å². The molecule has 0 atom stereocenters. The van der Waals surface area contributed by atoms with E-state index in [0.717, 1.165) is 5.39 Å². The maximum Gasteiger partial charge on any atom is 0.336 e. The number of hydrogen-bond donors (Lipinski definition) is 0. The van der Waals surface area contributed by atoms with Crippen molar-refractivity contribution in [1.82, 2.24) is 0 Å². The Morgan fingerprint density at radius 1 is 0.950 bits per heavy atom. The molecule has 0 amide bonds. The molecule has 2 rings (SSSR count). The van der Waals surface area contributed by atoms with Gasteiger partial charge in [0.15, 0.2) is 11.3 Å². The van der Waals surface area contributed by atoms with Gasteiger partial charge in [-0.2, -0.15) is 0 Å². The first kappa shape index (κ1) is 14.2. The average molecular weight is 278 g/mol. The topological polar surface area (TPSA) is 57.9 Å². The summed E-state index contributed by atoms with van der Waals surface area (Å²) >= 11 is 0. The van der Waals surface area contributed by atoms with Gasteiger partial charge in [0.25, 0.3) is 0 Å². The molecule has 5 nitrogen and oxygen atoms in total. The van der Waals surface area contributed by atoms with E-state index in [-0.39, 0.29) is 0 Å². The first-order chi connectivity index (χ1) is 9.71. The van der Waals surface area contributed by atoms with Gasteiger partial charge < -0.3 is 18.6 Å². The van der Waals surface area contributed by atoms with Crippen LogP contribution < -0.4 is 19.8 Å². The molecule has 108 valence electrons. The monoisotopic (exact) mass is 278 g/mol. The normalized spacial score (nSPS) is 10.6. The van der Waals surface area contributed by atoms with Crippen LogP contribution in [-0.2, 0) is 0 Å². The van der Waals surface area contributed by atoms with Gasteiger partial charge in [-0.25, -0.2) is 4.79 Å². The maximum atomic E-state index is 11.4. The minimum Gasteiger partial charge on any atom is -0.490 e. The Morgan fingerprint density at radius 2 is 1.60 bits per heavy atom. The van der Waals surface area contributed by atoms with Crippen molar-refractivity contribution in [2.45, 2.75) is 20.8 Å². The molecule has 1 heterocycles. The highest BCUT2D eigenvalue weighted by atomic mass is 16.5. The van der Waals surface area contributed by atoms with Crippen molar-refractivity contribution in [1.29, 1.82) is 0 Å². The Morgan fingerprint density at radius 3 is 2.25 bits per heavy atom. The van der Waals surface area contributed by atoms with Gasteiger partial charge in [0, 0.05) is 11.5 Å². The van der Waals surface area contributed by atoms with Crippen molar-refractivity contribution in [3.8, 4) is 17.2 Å². The third-order valence-electron chi connectivity index (χ3n) is 2.66. The van der Waals surface area contributed by atoms with Gasteiger partial charge >= 0.3 is 5.63 Å². The van der Waals surface area contributed by atoms with Crippen molar-refractivity contribution in [3.05, 3.63) is 28.6 Å². The van der Waals surface area contributed by atoms with E-state index in [1.54, 1.807) is 12.1 Å². The third kappa shape index (κ3) is 2.71. The van der Waals surface area contributed by atoms with Crippen LogP contribution in [0.5, 0.6) is 17.2 Å². The Kier molecular flexibility index (Phi) is 4.50. The molecule has 0 spiro atoms. The van der Waals surface area contributed by atoms with Crippen LogP contribution in [0, 0.1) is 0 Å². The van der Waals surface area contributed by atoms with Gasteiger partial charge in [0.2, 0.25) is 11.5 Å². The van der Waals surface area contributed by atoms with Gasteiger partial charge in [-0.05, 0) is 32.9 Å². The van der Waals surface area contributed by atoms with Crippen LogP contribution in [0.2, 0.25) is 0 Å². The van der Waals surface area contributed by atoms with Crippen LogP contribution in [0.4, 0.5) is 0 Å². The van der Waals surface area contributed by atoms with Crippen LogP contribution >= 0.6 is 0 Å². The Bertz CT molecular complexity index is 644. The molecule has 0 aliphatic rings. The van der Waals surface area contributed by atoms with Crippen LogP contribution in [-0.4, -0.2) is 19.8 Å². The second kappa shape index (κ2) is 6.32. The summed E-state index contributed by atoms with van der Waals surface area (Å²) in [5.74, 6) is 1.46. The minimum atomic E-state index is -0.426. The van der Waals surface area contributed by atoms with Crippen molar-refractivity contribution >= 4 is 11.0 Å². The molecule has 20 heavy (non-hydrogen) atoms. The van der Waals surface area contributed by atoms with Crippen molar-refractivity contribution in [2.24, 2.45) is 0 Å². The van der Waals surface area contributed by atoms with Gasteiger partial charge in [0.1, 0.15) is 0 Å². The molecule has 0 aliphatic heterocycles. The number of hydrogen-bond acceptors (Lipinski definition) is 5. The molecule has 0 N–H and O–H groups in total. The van der Waals surface area contributed by atoms with E-state index in [2.05, 4.69) is 0 Å². The fraction of sp³-hybridized carbons (Fsp3) is 0.400. The van der Waals surface area contributed by atoms with E-state index < -0.39 is 5.63 Å². The van der Waals surface area contributed by atoms with E-state index in [4.69, 9.17) is 18.6 Å². The second-order valence-corrected chi connectivity index (χ2v) is 4.00. The Balaban J connectivity index is 2.75. The molecule has 0 radical (unpaired) electrons. The summed E-state index contributed by atoms with van der Waals surface area (Å²) in [5, 5.41) is 0.736. The average Bonchev–Trinajstić information content (AvgIpc) is 2.43. The Hall–Kier alpha value is -2.17. The standard InChI is InChI=1S/C15H18O5/c1-4-17-11-9-10-7-8-12(16)20-13(10)15(19-6-3)14(11)18-5-2/h7-9H,4-6H2,1-3H3. The molecule has 0 unspecified atom stereocenters. The Labute approximate surface area is 117 Å². The smallest absolute Gasteiger partial charge is 0.336 e. The van der Waals surface area contributed by atoms with Crippen LogP contribution in [0.15, 0.2) is 27.4 Å². The molecule has 0 saturated carbocycles. The highest BCUT2D eigenvalue weighted by molar-refractivity contribution is 5.88. The number of benzene rings is 1. The summed E-state index contributed by atoms with van der Waals surface area (Å²) in [4.78, 5) is 11.4. The quantitative estimate of drug-likeness (QED) is 0.760. The predicted molar refractivity (Wildman–Crippen MR) is 76.0 cm³/mol. The van der Waals surface area contributed by atoms with E-state index in [1.165, 1.54) is 6.07 Å². The molecule has 0 aliphatic carbocycles. The predicted octanol–water partition coefficient (Wildman–Crippen LogP) is 2.99. The van der Waals surface area contributed by atoms with Crippen molar-refractivity contribution in [3.63, 3.8) is 0 Å². The largest absolute Gasteiger partial charge is 0.490 e. The van der Waals surface area contributed by atoms with Crippen LogP contribution in [0.25, 0.3) is 11.0 Å². The molecule has 0 bridgehead atoms. The highest BCUT2D eigenvalue weighted by Gasteiger charge is 2.19. The van der Waals surface area contributed by atoms with Crippen molar-refractivity contribution < 1.29 is 18.6 Å². The van der Waals surface area contributed by atoms with E-state index >= 15 is 0 Å². The fourth-order valence-corrected chi connectivity index (χ4v) is 1.96. The second-order valence-electron chi connectivity index (χ2n) is 4.00. The number of rotatable bonds is 6. The molecule has 0 saturated heterocycles. The molecule has 2 aromatic rings. The number of ether oxygens (including phenoxy) is 3. The van der Waals surface area contributed by atoms with Crippen LogP contribution in [0.3, 0.4) is 0 Å². The maximum absolute atomic E-state index is 11.4. The molecule has 5 heteroatoms. The summed E-state index contributed by atoms with van der Waals surface area (Å²) in [6.07, 6.45) is 0. The molecule has 0 fully saturated rings. The van der Waals surface area contributed by atoms with Crippen molar-refractivity contribution in [2.75, 3.05) is 19.8 Å². The first-order valence-corrected chi connectivity index (χ1v) is 6.70. The van der Waals surface area contributed by atoms with Crippen LogP contribution in [0.1, 0.15) is 20.8 Å². The minimum absolute atomic E-state index is 0.381. The summed E-state index contributed by atoms with van der Waals surface area (Å²) in [7, 11) is 0. The lowest BCUT2D eigenvalue weighted by molar-refractivity contribution is 0.260. The van der Waals surface area contributed by atoms with Gasteiger partial charge in [-0.15, -0.1) is 0 Å². The molecular weight excluding hydrogens is 260 g/mol.